The molecule has 0 aromatic heterocycles. The summed E-state index contributed by atoms with van der Waals surface area (Å²) in [5.74, 6) is 1.61. The van der Waals surface area contributed by atoms with Crippen LogP contribution in [0.3, 0.4) is 0 Å². The van der Waals surface area contributed by atoms with Crippen molar-refractivity contribution in [1.29, 1.82) is 0 Å². The van der Waals surface area contributed by atoms with Crippen LogP contribution in [0.15, 0.2) is 36.4 Å². The highest BCUT2D eigenvalue weighted by atomic mass is 16.5. The summed E-state index contributed by atoms with van der Waals surface area (Å²) in [6.45, 7) is 7.51. The summed E-state index contributed by atoms with van der Waals surface area (Å²) in [6.07, 6.45) is 3.47. The van der Waals surface area contributed by atoms with Gasteiger partial charge < -0.3 is 4.74 Å². The van der Waals surface area contributed by atoms with Crippen molar-refractivity contribution in [3.8, 4) is 5.75 Å². The predicted octanol–water partition coefficient (Wildman–Crippen LogP) is 5.53. The molecule has 0 saturated carbocycles. The van der Waals surface area contributed by atoms with Gasteiger partial charge in [0.25, 0.3) is 0 Å². The van der Waals surface area contributed by atoms with Gasteiger partial charge in [0, 0.05) is 0 Å². The maximum Gasteiger partial charge on any atom is 0.119 e. The van der Waals surface area contributed by atoms with Gasteiger partial charge in [-0.1, -0.05) is 51.5 Å². The molecule has 0 aliphatic carbocycles. The van der Waals surface area contributed by atoms with E-state index in [1.54, 1.807) is 0 Å². The van der Waals surface area contributed by atoms with Crippen molar-refractivity contribution in [1.82, 2.24) is 0 Å². The normalized spacial score (nSPS) is 12.6. The van der Waals surface area contributed by atoms with Gasteiger partial charge >= 0.3 is 0 Å². The highest BCUT2D eigenvalue weighted by molar-refractivity contribution is 5.84. The van der Waals surface area contributed by atoms with E-state index in [1.807, 2.05) is 0 Å². The topological polar surface area (TPSA) is 9.23 Å². The summed E-state index contributed by atoms with van der Waals surface area (Å²) >= 11 is 0. The zero-order valence-electron chi connectivity index (χ0n) is 12.3. The average Bonchev–Trinajstić information content (AvgIpc) is 2.46. The molecular weight excluding hydrogens is 232 g/mol. The van der Waals surface area contributed by atoms with Crippen LogP contribution in [-0.4, -0.2) is 6.61 Å². The van der Waals surface area contributed by atoms with Gasteiger partial charge in [0.1, 0.15) is 5.75 Å². The van der Waals surface area contributed by atoms with Crippen molar-refractivity contribution < 1.29 is 4.74 Å². The number of benzene rings is 2. The van der Waals surface area contributed by atoms with Gasteiger partial charge in [-0.2, -0.15) is 0 Å². The number of hydrogen-bond acceptors (Lipinski definition) is 1. The molecule has 0 heterocycles. The van der Waals surface area contributed by atoms with Crippen molar-refractivity contribution in [2.24, 2.45) is 0 Å². The third-order valence-electron chi connectivity index (χ3n) is 3.78. The van der Waals surface area contributed by atoms with Crippen molar-refractivity contribution in [2.75, 3.05) is 6.61 Å². The maximum absolute atomic E-state index is 5.75. The van der Waals surface area contributed by atoms with Gasteiger partial charge in [0.2, 0.25) is 0 Å². The van der Waals surface area contributed by atoms with E-state index in [2.05, 4.69) is 57.2 Å². The summed E-state index contributed by atoms with van der Waals surface area (Å²) < 4.78 is 5.75. The average molecular weight is 256 g/mol. The van der Waals surface area contributed by atoms with Crippen LogP contribution in [0, 0.1) is 0 Å². The Balaban J connectivity index is 2.20. The zero-order valence-corrected chi connectivity index (χ0v) is 12.3. The predicted molar refractivity (Wildman–Crippen MR) is 83.1 cm³/mol. The van der Waals surface area contributed by atoms with E-state index in [1.165, 1.54) is 29.2 Å². The van der Waals surface area contributed by atoms with Gasteiger partial charge in [0.15, 0.2) is 0 Å². The molecule has 2 aromatic rings. The first-order valence-electron chi connectivity index (χ1n) is 7.41. The molecule has 1 heteroatoms. The molecule has 1 nitrogen and oxygen atoms in total. The summed E-state index contributed by atoms with van der Waals surface area (Å²) in [4.78, 5) is 0. The molecule has 0 bridgehead atoms. The molecule has 0 fully saturated rings. The SMILES string of the molecule is CCCCOc1ccc2cc(C(C)CC)ccc2c1. The molecule has 0 aliphatic heterocycles. The van der Waals surface area contributed by atoms with E-state index in [0.29, 0.717) is 5.92 Å². The summed E-state index contributed by atoms with van der Waals surface area (Å²) in [6, 6.07) is 13.2. The number of rotatable bonds is 6. The second kappa shape index (κ2) is 6.60. The molecule has 0 amide bonds. The van der Waals surface area contributed by atoms with E-state index >= 15 is 0 Å². The number of hydrogen-bond donors (Lipinski definition) is 0. The Morgan fingerprint density at radius 3 is 2.47 bits per heavy atom. The lowest BCUT2D eigenvalue weighted by Gasteiger charge is -2.11. The quantitative estimate of drug-likeness (QED) is 0.617. The molecule has 1 atom stereocenters. The van der Waals surface area contributed by atoms with E-state index in [0.717, 1.165) is 18.8 Å². The molecule has 0 radical (unpaired) electrons. The highest BCUT2D eigenvalue weighted by Crippen LogP contribution is 2.26. The fourth-order valence-corrected chi connectivity index (χ4v) is 2.21. The first-order chi connectivity index (χ1) is 9.24. The van der Waals surface area contributed by atoms with Crippen LogP contribution in [-0.2, 0) is 0 Å². The lowest BCUT2D eigenvalue weighted by atomic mass is 9.96. The number of ether oxygens (including phenoxy) is 1. The molecular formula is C18H24O. The Hall–Kier alpha value is -1.50. The first kappa shape index (κ1) is 13.9. The summed E-state index contributed by atoms with van der Waals surface area (Å²) in [5, 5.41) is 2.57. The Labute approximate surface area is 116 Å². The van der Waals surface area contributed by atoms with Crippen LogP contribution in [0.4, 0.5) is 0 Å². The smallest absolute Gasteiger partial charge is 0.119 e. The first-order valence-corrected chi connectivity index (χ1v) is 7.41. The van der Waals surface area contributed by atoms with Gasteiger partial charge in [-0.15, -0.1) is 0 Å². The number of unbranched alkanes of at least 4 members (excludes halogenated alkanes) is 1. The number of fused-ring (bicyclic) bond motifs is 1. The van der Waals surface area contributed by atoms with Gasteiger partial charge in [-0.3, -0.25) is 0 Å². The molecule has 0 N–H and O–H groups in total. The van der Waals surface area contributed by atoms with E-state index in [4.69, 9.17) is 4.74 Å². The molecule has 2 rings (SSSR count). The van der Waals surface area contributed by atoms with Gasteiger partial charge in [-0.05, 0) is 47.2 Å². The monoisotopic (exact) mass is 256 g/mol. The van der Waals surface area contributed by atoms with Crippen LogP contribution in [0.1, 0.15) is 51.5 Å². The highest BCUT2D eigenvalue weighted by Gasteiger charge is 2.04. The molecule has 0 spiro atoms. The summed E-state index contributed by atoms with van der Waals surface area (Å²) in [5.41, 5.74) is 1.43. The maximum atomic E-state index is 5.75. The third-order valence-corrected chi connectivity index (χ3v) is 3.78. The van der Waals surface area contributed by atoms with Crippen LogP contribution in [0.2, 0.25) is 0 Å². The molecule has 19 heavy (non-hydrogen) atoms. The fraction of sp³-hybridized carbons (Fsp3) is 0.444. The van der Waals surface area contributed by atoms with Crippen molar-refractivity contribution in [2.45, 2.75) is 46.0 Å². The third kappa shape index (κ3) is 3.50. The van der Waals surface area contributed by atoms with E-state index < -0.39 is 0 Å². The Morgan fingerprint density at radius 1 is 1.00 bits per heavy atom. The van der Waals surface area contributed by atoms with E-state index in [9.17, 15) is 0 Å². The van der Waals surface area contributed by atoms with Crippen molar-refractivity contribution >= 4 is 10.8 Å². The lowest BCUT2D eigenvalue weighted by Crippen LogP contribution is -1.96. The minimum Gasteiger partial charge on any atom is -0.494 e. The van der Waals surface area contributed by atoms with Crippen molar-refractivity contribution in [3.63, 3.8) is 0 Å². The standard InChI is InChI=1S/C18H24O/c1-4-6-11-19-18-10-9-16-12-15(14(3)5-2)7-8-17(16)13-18/h7-10,12-14H,4-6,11H2,1-3H3. The molecule has 1 unspecified atom stereocenters. The second-order valence-electron chi connectivity index (χ2n) is 5.28. The van der Waals surface area contributed by atoms with Crippen LogP contribution >= 0.6 is 0 Å². The molecule has 0 aliphatic rings. The Bertz CT molecular complexity index is 530. The minimum absolute atomic E-state index is 0.630. The largest absolute Gasteiger partial charge is 0.494 e. The Kier molecular flexibility index (Phi) is 4.84. The van der Waals surface area contributed by atoms with Crippen LogP contribution in [0.25, 0.3) is 10.8 Å². The fourth-order valence-electron chi connectivity index (χ4n) is 2.21. The van der Waals surface area contributed by atoms with Gasteiger partial charge in [-0.25, -0.2) is 0 Å². The van der Waals surface area contributed by atoms with Crippen LogP contribution < -0.4 is 4.74 Å². The molecule has 0 saturated heterocycles. The molecule has 2 aromatic carbocycles. The van der Waals surface area contributed by atoms with Crippen LogP contribution in [0.5, 0.6) is 5.75 Å². The summed E-state index contributed by atoms with van der Waals surface area (Å²) in [7, 11) is 0. The van der Waals surface area contributed by atoms with E-state index in [-0.39, 0.29) is 0 Å². The lowest BCUT2D eigenvalue weighted by molar-refractivity contribution is 0.310. The van der Waals surface area contributed by atoms with Gasteiger partial charge in [0.05, 0.1) is 6.61 Å². The molecule has 102 valence electrons. The second-order valence-corrected chi connectivity index (χ2v) is 5.28. The minimum atomic E-state index is 0.630. The van der Waals surface area contributed by atoms with Crippen molar-refractivity contribution in [3.05, 3.63) is 42.0 Å². The zero-order chi connectivity index (χ0) is 13.7. The Morgan fingerprint density at radius 2 is 1.74 bits per heavy atom.